The van der Waals surface area contributed by atoms with Crippen molar-refractivity contribution in [2.24, 2.45) is 5.92 Å². The van der Waals surface area contributed by atoms with Crippen molar-refractivity contribution in [3.05, 3.63) is 77.3 Å². The Hall–Kier alpha value is -3.40. The number of anilines is 1. The zero-order chi connectivity index (χ0) is 36.6. The summed E-state index contributed by atoms with van der Waals surface area (Å²) in [6.45, 7) is 5.57. The first-order valence-corrected chi connectivity index (χ1v) is 19.7. The molecule has 0 unspecified atom stereocenters. The van der Waals surface area contributed by atoms with Crippen LogP contribution in [-0.2, 0) is 24.8 Å². The Morgan fingerprint density at radius 3 is 2.32 bits per heavy atom. The standard InChI is InChI=1S/C35H46ClN3O9S2/c1-24-21-39(25(2)23-40)35(41)32-20-28(37-49(42,43)30-14-9-27(36)10-15-30)11-18-33(32)48-26(3)8-6-7-19-47-34(24)22-38(4)50(44,45)31-16-12-29(46-5)13-17-31/h9-18,20,24-26,34,37,40H,6-8,19,21-23H2,1-5H3/t24-,25-,26+,34-/m0/s1. The third-order valence-corrected chi connectivity index (χ3v) is 12.1. The average Bonchev–Trinajstić information content (AvgIpc) is 3.09. The molecular weight excluding hydrogens is 706 g/mol. The van der Waals surface area contributed by atoms with E-state index < -0.39 is 38.1 Å². The van der Waals surface area contributed by atoms with Crippen LogP contribution in [0.3, 0.4) is 0 Å². The number of nitrogens with one attached hydrogen (secondary N) is 1. The van der Waals surface area contributed by atoms with Crippen LogP contribution in [0, 0.1) is 5.92 Å². The number of amides is 1. The van der Waals surface area contributed by atoms with Gasteiger partial charge in [0.05, 0.1) is 47.3 Å². The van der Waals surface area contributed by atoms with Gasteiger partial charge in [0.25, 0.3) is 15.9 Å². The van der Waals surface area contributed by atoms with Crippen molar-refractivity contribution in [2.45, 2.75) is 68.1 Å². The Morgan fingerprint density at radius 2 is 1.68 bits per heavy atom. The van der Waals surface area contributed by atoms with Crippen molar-refractivity contribution in [1.82, 2.24) is 9.21 Å². The van der Waals surface area contributed by atoms with Gasteiger partial charge in [-0.05, 0) is 99.8 Å². The van der Waals surface area contributed by atoms with E-state index in [4.69, 9.17) is 25.8 Å². The van der Waals surface area contributed by atoms with Crippen LogP contribution in [0.1, 0.15) is 50.4 Å². The van der Waals surface area contributed by atoms with Crippen molar-refractivity contribution in [3.8, 4) is 11.5 Å². The molecule has 50 heavy (non-hydrogen) atoms. The molecule has 12 nitrogen and oxygen atoms in total. The number of aliphatic hydroxyl groups excluding tert-OH is 1. The smallest absolute Gasteiger partial charge is 0.261 e. The number of halogens is 1. The number of aliphatic hydroxyl groups is 1. The molecule has 4 rings (SSSR count). The molecule has 0 saturated carbocycles. The number of rotatable bonds is 10. The molecule has 1 aliphatic rings. The van der Waals surface area contributed by atoms with Crippen LogP contribution in [0.25, 0.3) is 0 Å². The number of ether oxygens (including phenoxy) is 3. The molecule has 3 aromatic carbocycles. The number of benzene rings is 3. The van der Waals surface area contributed by atoms with E-state index in [2.05, 4.69) is 4.72 Å². The molecule has 0 fully saturated rings. The third-order valence-electron chi connectivity index (χ3n) is 8.63. The minimum atomic E-state index is -4.02. The van der Waals surface area contributed by atoms with Crippen molar-refractivity contribution >= 4 is 43.2 Å². The fourth-order valence-corrected chi connectivity index (χ4v) is 7.91. The van der Waals surface area contributed by atoms with Crippen LogP contribution in [0.2, 0.25) is 5.02 Å². The second-order valence-corrected chi connectivity index (χ2v) is 16.7. The Bertz CT molecular complexity index is 1810. The highest BCUT2D eigenvalue weighted by atomic mass is 35.5. The van der Waals surface area contributed by atoms with Gasteiger partial charge >= 0.3 is 0 Å². The van der Waals surface area contributed by atoms with Gasteiger partial charge in [0.15, 0.2) is 0 Å². The number of methoxy groups -OCH3 is 1. The summed E-state index contributed by atoms with van der Waals surface area (Å²) in [5.74, 6) is -0.0814. The molecule has 0 radical (unpaired) electrons. The Morgan fingerprint density at radius 1 is 1.02 bits per heavy atom. The van der Waals surface area contributed by atoms with Gasteiger partial charge in [0, 0.05) is 43.4 Å². The summed E-state index contributed by atoms with van der Waals surface area (Å²) in [7, 11) is -4.92. The summed E-state index contributed by atoms with van der Waals surface area (Å²) in [4.78, 5) is 16.0. The Labute approximate surface area is 300 Å². The van der Waals surface area contributed by atoms with Crippen molar-refractivity contribution in [2.75, 3.05) is 45.2 Å². The zero-order valence-electron chi connectivity index (χ0n) is 28.9. The first-order valence-electron chi connectivity index (χ1n) is 16.4. The molecule has 15 heteroatoms. The molecule has 0 saturated heterocycles. The lowest BCUT2D eigenvalue weighted by atomic mass is 10.0. The van der Waals surface area contributed by atoms with Crippen molar-refractivity contribution < 1.29 is 40.9 Å². The average molecular weight is 752 g/mol. The Kier molecular flexibility index (Phi) is 13.6. The highest BCUT2D eigenvalue weighted by molar-refractivity contribution is 7.92. The number of hydrogen-bond acceptors (Lipinski definition) is 9. The van der Waals surface area contributed by atoms with Gasteiger partial charge in [-0.3, -0.25) is 9.52 Å². The summed E-state index contributed by atoms with van der Waals surface area (Å²) in [6, 6.07) is 15.7. The molecule has 274 valence electrons. The van der Waals surface area contributed by atoms with E-state index in [-0.39, 0.29) is 58.5 Å². The van der Waals surface area contributed by atoms with E-state index >= 15 is 0 Å². The summed E-state index contributed by atoms with van der Waals surface area (Å²) in [5.41, 5.74) is 0.245. The van der Waals surface area contributed by atoms with Crippen molar-refractivity contribution in [3.63, 3.8) is 0 Å². The predicted octanol–water partition coefficient (Wildman–Crippen LogP) is 5.27. The van der Waals surface area contributed by atoms with Gasteiger partial charge in [0.2, 0.25) is 10.0 Å². The number of hydrogen-bond donors (Lipinski definition) is 2. The number of carbonyl (C=O) groups excluding carboxylic acids is 1. The summed E-state index contributed by atoms with van der Waals surface area (Å²) in [6.07, 6.45) is 1.19. The van der Waals surface area contributed by atoms with Crippen LogP contribution in [0.5, 0.6) is 11.5 Å². The Balaban J connectivity index is 1.66. The van der Waals surface area contributed by atoms with E-state index in [1.54, 1.807) is 25.1 Å². The molecule has 0 aliphatic carbocycles. The molecule has 4 atom stereocenters. The summed E-state index contributed by atoms with van der Waals surface area (Å²) >= 11 is 5.94. The van der Waals surface area contributed by atoms with Crippen LogP contribution in [-0.4, -0.2) is 95.8 Å². The minimum Gasteiger partial charge on any atom is -0.497 e. The van der Waals surface area contributed by atoms with E-state index in [9.17, 15) is 26.7 Å². The molecule has 0 aromatic heterocycles. The SMILES string of the molecule is COc1ccc(S(=O)(=O)N(C)C[C@@H]2OCCCC[C@@H](C)Oc3ccc(NS(=O)(=O)c4ccc(Cl)cc4)cc3C(=O)N([C@@H](C)CO)C[C@@H]2C)cc1. The van der Waals surface area contributed by atoms with E-state index in [1.165, 1.54) is 71.9 Å². The lowest BCUT2D eigenvalue weighted by molar-refractivity contribution is -0.00833. The fourth-order valence-electron chi connectivity index (χ4n) is 5.56. The zero-order valence-corrected chi connectivity index (χ0v) is 31.3. The van der Waals surface area contributed by atoms with Gasteiger partial charge in [-0.2, -0.15) is 4.31 Å². The molecule has 3 aromatic rings. The largest absolute Gasteiger partial charge is 0.497 e. The number of nitrogens with zero attached hydrogens (tertiary/aromatic N) is 2. The first-order chi connectivity index (χ1) is 23.7. The number of likely N-dealkylation sites (N-methyl/N-ethyl adjacent to an activating group) is 1. The number of fused-ring (bicyclic) bond motifs is 1. The second-order valence-electron chi connectivity index (χ2n) is 12.5. The normalized spacial score (nSPS) is 20.4. The summed E-state index contributed by atoms with van der Waals surface area (Å²) < 4.78 is 74.9. The van der Waals surface area contributed by atoms with Crippen LogP contribution < -0.4 is 14.2 Å². The van der Waals surface area contributed by atoms with E-state index in [0.29, 0.717) is 30.2 Å². The lowest BCUT2D eigenvalue weighted by Crippen LogP contribution is -2.48. The monoisotopic (exact) mass is 751 g/mol. The molecule has 2 N–H and O–H groups in total. The molecule has 0 bridgehead atoms. The molecule has 0 spiro atoms. The maximum atomic E-state index is 14.4. The first kappa shape index (κ1) is 39.4. The quantitative estimate of drug-likeness (QED) is 0.283. The summed E-state index contributed by atoms with van der Waals surface area (Å²) in [5, 5.41) is 10.6. The fraction of sp³-hybridized carbons (Fsp3) is 0.457. The third kappa shape index (κ3) is 9.89. The molecule has 1 amide bonds. The van der Waals surface area contributed by atoms with Crippen LogP contribution in [0.4, 0.5) is 5.69 Å². The van der Waals surface area contributed by atoms with E-state index in [1.807, 2.05) is 13.8 Å². The topological polar surface area (TPSA) is 152 Å². The van der Waals surface area contributed by atoms with Gasteiger partial charge in [-0.15, -0.1) is 0 Å². The highest BCUT2D eigenvalue weighted by Gasteiger charge is 2.32. The molecule has 1 heterocycles. The van der Waals surface area contributed by atoms with E-state index in [0.717, 1.165) is 6.42 Å². The lowest BCUT2D eigenvalue weighted by Gasteiger charge is -2.35. The maximum absolute atomic E-state index is 14.4. The van der Waals surface area contributed by atoms with Gasteiger partial charge in [-0.1, -0.05) is 18.5 Å². The van der Waals surface area contributed by atoms with Crippen LogP contribution in [0.15, 0.2) is 76.5 Å². The highest BCUT2D eigenvalue weighted by Crippen LogP contribution is 2.30. The number of carbonyl (C=O) groups is 1. The number of sulfonamides is 2. The van der Waals surface area contributed by atoms with Crippen LogP contribution >= 0.6 is 11.6 Å². The van der Waals surface area contributed by atoms with Gasteiger partial charge in [-0.25, -0.2) is 16.8 Å². The minimum absolute atomic E-state index is 0.00690. The molecule has 1 aliphatic heterocycles. The second kappa shape index (κ2) is 17.2. The van der Waals surface area contributed by atoms with Crippen molar-refractivity contribution in [1.29, 1.82) is 0 Å². The predicted molar refractivity (Wildman–Crippen MR) is 192 cm³/mol. The van der Waals surface area contributed by atoms with Gasteiger partial charge < -0.3 is 24.2 Å². The molecular formula is C35H46ClN3O9S2. The maximum Gasteiger partial charge on any atom is 0.261 e. The van der Waals surface area contributed by atoms with Gasteiger partial charge in [0.1, 0.15) is 11.5 Å².